The molecule has 4 aromatic carbocycles. The fraction of sp³-hybridized carbons (Fsp3) is 0.130. The van der Waals surface area contributed by atoms with Crippen LogP contribution in [0.15, 0.2) is 60.7 Å². The predicted molar refractivity (Wildman–Crippen MR) is 103 cm³/mol. The van der Waals surface area contributed by atoms with Gasteiger partial charge in [0.15, 0.2) is 0 Å². The van der Waals surface area contributed by atoms with Gasteiger partial charge >= 0.3 is 0 Å². The molecule has 1 heteroatoms. The van der Waals surface area contributed by atoms with E-state index in [1.165, 1.54) is 27.5 Å². The second-order valence-electron chi connectivity index (χ2n) is 6.48. The summed E-state index contributed by atoms with van der Waals surface area (Å²) >= 11 is 0. The first-order chi connectivity index (χ1) is 11.6. The van der Waals surface area contributed by atoms with E-state index in [0.717, 1.165) is 21.9 Å². The van der Waals surface area contributed by atoms with Gasteiger partial charge in [-0.15, -0.1) is 0 Å². The summed E-state index contributed by atoms with van der Waals surface area (Å²) in [6, 6.07) is 20.6. The van der Waals surface area contributed by atoms with E-state index in [1.807, 2.05) is 18.2 Å². The molecule has 0 radical (unpaired) electrons. The van der Waals surface area contributed by atoms with Crippen molar-refractivity contribution in [1.29, 1.82) is 0 Å². The molecular weight excluding hydrogens is 292 g/mol. The zero-order chi connectivity index (χ0) is 16.8. The molecule has 1 nitrogen and oxygen atoms in total. The smallest absolute Gasteiger partial charge is 0.124 e. The molecule has 4 rings (SSSR count). The topological polar surface area (TPSA) is 20.2 Å². The van der Waals surface area contributed by atoms with Gasteiger partial charge in [-0.1, -0.05) is 54.6 Å². The molecule has 0 amide bonds. The van der Waals surface area contributed by atoms with Gasteiger partial charge in [0.1, 0.15) is 5.75 Å². The van der Waals surface area contributed by atoms with Gasteiger partial charge in [0.2, 0.25) is 0 Å². The highest BCUT2D eigenvalue weighted by Crippen LogP contribution is 2.43. The quantitative estimate of drug-likeness (QED) is 0.438. The van der Waals surface area contributed by atoms with Gasteiger partial charge in [0.05, 0.1) is 0 Å². The molecule has 0 aliphatic heterocycles. The van der Waals surface area contributed by atoms with Crippen molar-refractivity contribution in [2.24, 2.45) is 0 Å². The number of hydrogen-bond acceptors (Lipinski definition) is 1. The molecule has 0 heterocycles. The minimum atomic E-state index is 0.342. The second kappa shape index (κ2) is 5.38. The summed E-state index contributed by atoms with van der Waals surface area (Å²) in [5, 5.41) is 15.5. The molecule has 24 heavy (non-hydrogen) atoms. The van der Waals surface area contributed by atoms with Crippen molar-refractivity contribution in [3.05, 3.63) is 77.4 Å². The lowest BCUT2D eigenvalue weighted by Gasteiger charge is -2.19. The number of phenolic OH excluding ortho intramolecular Hbond substituents is 1. The molecule has 0 atom stereocenters. The Kier molecular flexibility index (Phi) is 3.31. The van der Waals surface area contributed by atoms with Gasteiger partial charge in [-0.3, -0.25) is 0 Å². The van der Waals surface area contributed by atoms with Crippen LogP contribution in [0, 0.1) is 20.8 Å². The summed E-state index contributed by atoms with van der Waals surface area (Å²) < 4.78 is 0. The molecule has 0 aliphatic rings. The summed E-state index contributed by atoms with van der Waals surface area (Å²) in [6.45, 7) is 6.49. The van der Waals surface area contributed by atoms with E-state index in [9.17, 15) is 5.11 Å². The van der Waals surface area contributed by atoms with Crippen molar-refractivity contribution in [3.8, 4) is 16.9 Å². The van der Waals surface area contributed by atoms with Crippen molar-refractivity contribution >= 4 is 21.5 Å². The summed E-state index contributed by atoms with van der Waals surface area (Å²) in [6.07, 6.45) is 0. The van der Waals surface area contributed by atoms with Gasteiger partial charge in [-0.25, -0.2) is 0 Å². The Labute approximate surface area is 142 Å². The lowest BCUT2D eigenvalue weighted by molar-refractivity contribution is 0.478. The molecule has 1 N–H and O–H groups in total. The van der Waals surface area contributed by atoms with Crippen LogP contribution in [0.3, 0.4) is 0 Å². The average Bonchev–Trinajstić information content (AvgIpc) is 2.61. The predicted octanol–water partition coefficient (Wildman–Crippen LogP) is 6.29. The monoisotopic (exact) mass is 312 g/mol. The van der Waals surface area contributed by atoms with Gasteiger partial charge < -0.3 is 5.11 Å². The first-order valence-electron chi connectivity index (χ1n) is 8.29. The first kappa shape index (κ1) is 14.8. The molecule has 4 aromatic rings. The van der Waals surface area contributed by atoms with Crippen LogP contribution in [0.4, 0.5) is 0 Å². The average molecular weight is 312 g/mol. The maximum absolute atomic E-state index is 10.7. The molecule has 0 unspecified atom stereocenters. The molecule has 118 valence electrons. The van der Waals surface area contributed by atoms with Crippen LogP contribution in [0.25, 0.3) is 32.7 Å². The Bertz CT molecular complexity index is 1090. The summed E-state index contributed by atoms with van der Waals surface area (Å²) in [5.74, 6) is 0.342. The fourth-order valence-electron chi connectivity index (χ4n) is 3.84. The van der Waals surface area contributed by atoms with Crippen LogP contribution in [0.1, 0.15) is 16.7 Å². The van der Waals surface area contributed by atoms with E-state index >= 15 is 0 Å². The summed E-state index contributed by atoms with van der Waals surface area (Å²) in [5.41, 5.74) is 5.83. The van der Waals surface area contributed by atoms with Crippen LogP contribution in [0.5, 0.6) is 5.75 Å². The van der Waals surface area contributed by atoms with Crippen molar-refractivity contribution in [3.63, 3.8) is 0 Å². The van der Waals surface area contributed by atoms with E-state index in [-0.39, 0.29) is 0 Å². The Hall–Kier alpha value is -2.80. The van der Waals surface area contributed by atoms with E-state index in [2.05, 4.69) is 57.2 Å². The highest BCUT2D eigenvalue weighted by atomic mass is 16.3. The molecular formula is C23H20O. The number of fused-ring (bicyclic) bond motifs is 2. The SMILES string of the molecule is Cc1c(-c2c(O)ccc3ccccc23)c(C)c2ccccc2c1C. The maximum atomic E-state index is 10.7. The number of rotatable bonds is 1. The number of aryl methyl sites for hydroxylation is 2. The van der Waals surface area contributed by atoms with E-state index in [0.29, 0.717) is 5.75 Å². The van der Waals surface area contributed by atoms with Crippen molar-refractivity contribution < 1.29 is 5.11 Å². The molecule has 0 spiro atoms. The van der Waals surface area contributed by atoms with Gasteiger partial charge in [0, 0.05) is 5.56 Å². The lowest BCUT2D eigenvalue weighted by Crippen LogP contribution is -1.96. The van der Waals surface area contributed by atoms with Crippen molar-refractivity contribution in [2.45, 2.75) is 20.8 Å². The largest absolute Gasteiger partial charge is 0.507 e. The molecule has 0 saturated heterocycles. The Balaban J connectivity index is 2.21. The van der Waals surface area contributed by atoms with Gasteiger partial charge in [-0.05, 0) is 70.6 Å². The molecule has 0 aliphatic carbocycles. The third-order valence-corrected chi connectivity index (χ3v) is 5.20. The van der Waals surface area contributed by atoms with E-state index < -0.39 is 0 Å². The number of benzene rings is 4. The first-order valence-corrected chi connectivity index (χ1v) is 8.29. The van der Waals surface area contributed by atoms with Crippen molar-refractivity contribution in [2.75, 3.05) is 0 Å². The Morgan fingerprint density at radius 2 is 1.12 bits per heavy atom. The summed E-state index contributed by atoms with van der Waals surface area (Å²) in [7, 11) is 0. The number of hydrogen-bond donors (Lipinski definition) is 1. The standard InChI is InChI=1S/C23H20O/c1-14-15(2)22(16(3)19-10-7-6-9-18(14)19)23-20-11-5-4-8-17(20)12-13-21(23)24/h4-13,24H,1-3H3. The Morgan fingerprint density at radius 1 is 0.542 bits per heavy atom. The molecule has 0 fully saturated rings. The normalized spacial score (nSPS) is 11.3. The summed E-state index contributed by atoms with van der Waals surface area (Å²) in [4.78, 5) is 0. The minimum absolute atomic E-state index is 0.342. The van der Waals surface area contributed by atoms with Crippen LogP contribution in [-0.4, -0.2) is 5.11 Å². The molecule has 0 aromatic heterocycles. The van der Waals surface area contributed by atoms with Crippen molar-refractivity contribution in [1.82, 2.24) is 0 Å². The van der Waals surface area contributed by atoms with Gasteiger partial charge in [0.25, 0.3) is 0 Å². The lowest BCUT2D eigenvalue weighted by atomic mass is 9.85. The van der Waals surface area contributed by atoms with Crippen LogP contribution < -0.4 is 0 Å². The number of aromatic hydroxyl groups is 1. The van der Waals surface area contributed by atoms with Crippen LogP contribution >= 0.6 is 0 Å². The third-order valence-electron chi connectivity index (χ3n) is 5.20. The zero-order valence-corrected chi connectivity index (χ0v) is 14.2. The van der Waals surface area contributed by atoms with Crippen LogP contribution in [-0.2, 0) is 0 Å². The molecule has 0 bridgehead atoms. The fourth-order valence-corrected chi connectivity index (χ4v) is 3.84. The zero-order valence-electron chi connectivity index (χ0n) is 14.2. The highest BCUT2D eigenvalue weighted by molar-refractivity contribution is 6.05. The van der Waals surface area contributed by atoms with Gasteiger partial charge in [-0.2, -0.15) is 0 Å². The molecule has 0 saturated carbocycles. The number of phenols is 1. The van der Waals surface area contributed by atoms with E-state index in [1.54, 1.807) is 6.07 Å². The minimum Gasteiger partial charge on any atom is -0.507 e. The van der Waals surface area contributed by atoms with E-state index in [4.69, 9.17) is 0 Å². The second-order valence-corrected chi connectivity index (χ2v) is 6.48. The third kappa shape index (κ3) is 2.01. The Morgan fingerprint density at radius 3 is 1.83 bits per heavy atom. The van der Waals surface area contributed by atoms with Crippen LogP contribution in [0.2, 0.25) is 0 Å². The highest BCUT2D eigenvalue weighted by Gasteiger charge is 2.18. The maximum Gasteiger partial charge on any atom is 0.124 e.